The number of epoxide rings is 1. The Labute approximate surface area is 390 Å². The van der Waals surface area contributed by atoms with Gasteiger partial charge in [-0.25, -0.2) is 14.8 Å². The van der Waals surface area contributed by atoms with Gasteiger partial charge in [-0.05, 0) is 69.0 Å². The van der Waals surface area contributed by atoms with E-state index in [9.17, 15) is 24.3 Å². The van der Waals surface area contributed by atoms with E-state index in [0.717, 1.165) is 40.9 Å². The molecule has 0 saturated carbocycles. The number of aromatic nitrogens is 2. The molecule has 0 radical (unpaired) electrons. The van der Waals surface area contributed by atoms with E-state index in [1.165, 1.54) is 19.1 Å². The van der Waals surface area contributed by atoms with Gasteiger partial charge < -0.3 is 29.0 Å². The highest BCUT2D eigenvalue weighted by Crippen LogP contribution is 2.52. The van der Waals surface area contributed by atoms with Crippen molar-refractivity contribution < 1.29 is 43.2 Å². The molecule has 6 rings (SSSR count). The summed E-state index contributed by atoms with van der Waals surface area (Å²) >= 11 is 13.8. The predicted octanol–water partition coefficient (Wildman–Crippen LogP) is 9.29. The van der Waals surface area contributed by atoms with Gasteiger partial charge in [0.05, 0.1) is 46.9 Å². The molecule has 0 aliphatic carbocycles. The van der Waals surface area contributed by atoms with Gasteiger partial charge in [0, 0.05) is 74.3 Å². The lowest BCUT2D eigenvalue weighted by Gasteiger charge is -2.42. The zero-order chi connectivity index (χ0) is 45.6. The molecule has 2 saturated heterocycles. The van der Waals surface area contributed by atoms with Gasteiger partial charge in [0.1, 0.15) is 28.8 Å². The van der Waals surface area contributed by atoms with E-state index in [-0.39, 0.29) is 41.8 Å². The number of Topliss-reactive ketones (excluding diaryl/α,β-unsaturated/α-hetero) is 2. The maximum atomic E-state index is 14.3. The summed E-state index contributed by atoms with van der Waals surface area (Å²) in [6.07, 6.45) is 6.53. The third-order valence-corrected chi connectivity index (χ3v) is 14.1. The fourth-order valence-corrected chi connectivity index (χ4v) is 10.1. The summed E-state index contributed by atoms with van der Waals surface area (Å²) in [4.78, 5) is 65.0. The quantitative estimate of drug-likeness (QED) is 0.0683. The number of carbonyl (C=O) groups is 4. The van der Waals surface area contributed by atoms with E-state index in [4.69, 9.17) is 35.5 Å². The number of hydrogen-bond acceptors (Lipinski definition) is 11. The zero-order valence-corrected chi connectivity index (χ0v) is 40.6. The van der Waals surface area contributed by atoms with Crippen LogP contribution < -0.4 is 15.0 Å². The standard InChI is InChI=1S/C47H57Br2ClN4O9/c1-27-12-11-15-41(61-6)47(59)24-40(62-45(58)53-47)28(2)44-46(3,63-44)31(23-42(57)54(4)37-19-29(18-27)20-39(60-5)43(37)50)22-32(55)13-9-7-8-10-14-38(56)30-16-17-33-34(21-30)52-36(26-49)35(25-48)51-33/h11-12,15-17,19-21,28,31,40-41,44,59H,7-10,13-14,18,22-26H2,1-6H3,(H,53,58)/b15-11+,27-12+/t28-,31+,40+,41-,44+,46+,47+/m1/s1. The molecule has 63 heavy (non-hydrogen) atoms. The molecular formula is C47H57Br2ClN4O9. The van der Waals surface area contributed by atoms with Gasteiger partial charge in [-0.2, -0.15) is 0 Å². The van der Waals surface area contributed by atoms with Crippen LogP contribution in [-0.2, 0) is 40.9 Å². The van der Waals surface area contributed by atoms with E-state index in [2.05, 4.69) is 42.2 Å². The first-order chi connectivity index (χ1) is 30.0. The zero-order valence-electron chi connectivity index (χ0n) is 36.7. The second-order valence-corrected chi connectivity index (χ2v) is 18.7. The lowest BCUT2D eigenvalue weighted by atomic mass is 9.78. The molecule has 16 heteroatoms. The van der Waals surface area contributed by atoms with Crippen LogP contribution in [0.5, 0.6) is 5.75 Å². The number of alkyl carbamates (subject to hydrolysis) is 1. The van der Waals surface area contributed by atoms with Crippen LogP contribution in [0.3, 0.4) is 0 Å². The molecule has 1 aromatic heterocycles. The number of alkyl halides is 2. The first-order valence-corrected chi connectivity index (χ1v) is 24.0. The number of ether oxygens (including phenoxy) is 4. The van der Waals surface area contributed by atoms with Crippen LogP contribution in [0.25, 0.3) is 11.0 Å². The number of anilines is 1. The molecule has 4 heterocycles. The predicted molar refractivity (Wildman–Crippen MR) is 249 cm³/mol. The number of hydrogen-bond donors (Lipinski definition) is 2. The molecule has 2 amide bonds. The molecule has 3 aliphatic rings. The number of nitrogens with zero attached hydrogens (tertiary/aromatic N) is 3. The first kappa shape index (κ1) is 48.7. The third-order valence-electron chi connectivity index (χ3n) is 12.7. The minimum atomic E-state index is -1.78. The Bertz CT molecular complexity index is 2270. The van der Waals surface area contributed by atoms with E-state index < -0.39 is 47.6 Å². The first-order valence-electron chi connectivity index (χ1n) is 21.4. The van der Waals surface area contributed by atoms with E-state index in [0.29, 0.717) is 65.3 Å². The van der Waals surface area contributed by atoms with E-state index in [1.54, 1.807) is 31.3 Å². The summed E-state index contributed by atoms with van der Waals surface area (Å²) < 4.78 is 23.5. The van der Waals surface area contributed by atoms with Crippen LogP contribution in [0.1, 0.15) is 106 Å². The molecule has 0 spiro atoms. The minimum absolute atomic E-state index is 0.00223. The third kappa shape index (κ3) is 11.4. The highest BCUT2D eigenvalue weighted by Gasteiger charge is 2.62. The van der Waals surface area contributed by atoms with Crippen molar-refractivity contribution >= 4 is 83.7 Å². The number of carbonyl (C=O) groups excluding carboxylic acids is 4. The molecule has 2 aromatic carbocycles. The van der Waals surface area contributed by atoms with Gasteiger partial charge in [-0.1, -0.05) is 87.0 Å². The van der Waals surface area contributed by atoms with Crippen molar-refractivity contribution in [2.45, 2.75) is 125 Å². The fraction of sp³-hybridized carbons (Fsp3) is 0.532. The number of unbranched alkanes of at least 4 members (excludes halogenated alkanes) is 3. The number of nitrogens with one attached hydrogen (secondary N) is 1. The molecule has 340 valence electrons. The summed E-state index contributed by atoms with van der Waals surface area (Å²) in [7, 11) is 4.64. The fourth-order valence-electron chi connectivity index (χ4n) is 8.84. The van der Waals surface area contributed by atoms with E-state index >= 15 is 0 Å². The van der Waals surface area contributed by atoms with Gasteiger partial charge in [0.15, 0.2) is 11.5 Å². The molecule has 2 N–H and O–H groups in total. The average molecular weight is 1020 g/mol. The van der Waals surface area contributed by atoms with Crippen molar-refractivity contribution in [1.29, 1.82) is 0 Å². The number of ketones is 2. The van der Waals surface area contributed by atoms with Crippen molar-refractivity contribution in [3.05, 3.63) is 81.7 Å². The smallest absolute Gasteiger partial charge is 0.409 e. The second kappa shape index (κ2) is 21.1. The summed E-state index contributed by atoms with van der Waals surface area (Å²) in [6.45, 7) is 5.73. The number of fused-ring (bicyclic) bond motifs is 6. The van der Waals surface area contributed by atoms with Gasteiger partial charge >= 0.3 is 6.09 Å². The Morgan fingerprint density at radius 2 is 1.73 bits per heavy atom. The lowest BCUT2D eigenvalue weighted by molar-refractivity contribution is -0.142. The van der Waals surface area contributed by atoms with Crippen molar-refractivity contribution in [2.24, 2.45) is 11.8 Å². The highest BCUT2D eigenvalue weighted by molar-refractivity contribution is 9.09. The molecule has 2 fully saturated rings. The van der Waals surface area contributed by atoms with Crippen LogP contribution >= 0.6 is 43.5 Å². The minimum Gasteiger partial charge on any atom is -0.495 e. The monoisotopic (exact) mass is 1010 g/mol. The average Bonchev–Trinajstić information content (AvgIpc) is 3.96. The Morgan fingerprint density at radius 3 is 2.41 bits per heavy atom. The maximum absolute atomic E-state index is 14.3. The summed E-state index contributed by atoms with van der Waals surface area (Å²) in [5, 5.41) is 15.8. The SMILES string of the molecule is COc1cc2cc(c1Cl)N(C)C(=O)C[C@H](CC(=O)CCCCCCC(=O)c1ccc3nc(CBr)c(CBr)nc3c1)[C@]1(C)O[C@H]1[C@H](C)[C@@H]1C[C@@](O)(NC(=O)O1)[C@H](OC)/C=C/C=C(\C)C2. The van der Waals surface area contributed by atoms with Crippen LogP contribution in [0.15, 0.2) is 54.1 Å². The molecule has 13 nitrogen and oxygen atoms in total. The summed E-state index contributed by atoms with van der Waals surface area (Å²) in [5.41, 5.74) is 3.30. The van der Waals surface area contributed by atoms with Gasteiger partial charge in [0.2, 0.25) is 5.91 Å². The van der Waals surface area contributed by atoms with Crippen LogP contribution in [0.4, 0.5) is 10.5 Å². The van der Waals surface area contributed by atoms with Crippen molar-refractivity contribution in [3.8, 4) is 5.75 Å². The number of allylic oxidation sites excluding steroid dienone is 3. The summed E-state index contributed by atoms with van der Waals surface area (Å²) in [6, 6.07) is 9.13. The lowest BCUT2D eigenvalue weighted by Crippen LogP contribution is -2.63. The number of aliphatic hydroxyl groups is 1. The maximum Gasteiger partial charge on any atom is 0.409 e. The largest absolute Gasteiger partial charge is 0.495 e. The number of benzene rings is 2. The van der Waals surface area contributed by atoms with E-state index in [1.807, 2.05) is 45.0 Å². The second-order valence-electron chi connectivity index (χ2n) is 17.2. The van der Waals surface area contributed by atoms with Crippen LogP contribution in [0, 0.1) is 11.8 Å². The molecule has 3 aliphatic heterocycles. The van der Waals surface area contributed by atoms with Crippen molar-refractivity contribution in [1.82, 2.24) is 15.3 Å². The van der Waals surface area contributed by atoms with Crippen molar-refractivity contribution in [2.75, 3.05) is 26.2 Å². The Morgan fingerprint density at radius 1 is 1.03 bits per heavy atom. The number of rotatable bonds is 14. The Kier molecular flexibility index (Phi) is 16.3. The summed E-state index contributed by atoms with van der Waals surface area (Å²) in [5.74, 6) is -0.751. The van der Waals surface area contributed by atoms with Gasteiger partial charge in [-0.15, -0.1) is 0 Å². The van der Waals surface area contributed by atoms with Crippen LogP contribution in [0.2, 0.25) is 5.02 Å². The molecule has 0 unspecified atom stereocenters. The number of amides is 2. The molecular weight excluding hydrogens is 960 g/mol. The Balaban J connectivity index is 1.15. The molecule has 4 bridgehead atoms. The molecule has 3 aromatic rings. The van der Waals surface area contributed by atoms with Crippen molar-refractivity contribution in [3.63, 3.8) is 0 Å². The topological polar surface area (TPSA) is 170 Å². The number of methoxy groups -OCH3 is 2. The Hall–Kier alpha value is -3.73. The normalized spacial score (nSPS) is 27.7. The van der Waals surface area contributed by atoms with Gasteiger partial charge in [0.25, 0.3) is 0 Å². The van der Waals surface area contributed by atoms with Gasteiger partial charge in [-0.3, -0.25) is 19.7 Å². The molecule has 7 atom stereocenters. The van der Waals surface area contributed by atoms with Crippen LogP contribution in [-0.4, -0.2) is 89.5 Å². The number of halogens is 3. The highest BCUT2D eigenvalue weighted by atomic mass is 79.9.